The Balaban J connectivity index is 1.94. The Morgan fingerprint density at radius 3 is 2.26 bits per heavy atom. The quantitative estimate of drug-likeness (QED) is 0.478. The molecule has 0 fully saturated rings. The molecule has 0 saturated heterocycles. The van der Waals surface area contributed by atoms with Gasteiger partial charge >= 0.3 is 0 Å². The summed E-state index contributed by atoms with van der Waals surface area (Å²) in [4.78, 5) is 11.3. The van der Waals surface area contributed by atoms with Crippen LogP contribution in [0.3, 0.4) is 0 Å². The predicted molar refractivity (Wildman–Crippen MR) is 108 cm³/mol. The Kier molecular flexibility index (Phi) is 6.26. The minimum absolute atomic E-state index is 0.410. The van der Waals surface area contributed by atoms with Crippen LogP contribution in [-0.4, -0.2) is 12.9 Å². The number of para-hydroxylation sites is 1. The lowest BCUT2D eigenvalue weighted by molar-refractivity contribution is 0.112. The fourth-order valence-electron chi connectivity index (χ4n) is 2.76. The molecule has 3 nitrogen and oxygen atoms in total. The van der Waals surface area contributed by atoms with Gasteiger partial charge in [-0.15, -0.1) is 0 Å². The van der Waals surface area contributed by atoms with E-state index in [1.807, 2.05) is 66.7 Å². The lowest BCUT2D eigenvalue weighted by atomic mass is 10.0. The van der Waals surface area contributed by atoms with Crippen LogP contribution in [-0.2, 0) is 6.61 Å². The van der Waals surface area contributed by atoms with Crippen molar-refractivity contribution in [1.29, 1.82) is 0 Å². The molecule has 0 radical (unpaired) electrons. The summed E-state index contributed by atoms with van der Waals surface area (Å²) in [6.45, 7) is 5.31. The zero-order valence-electron chi connectivity index (χ0n) is 15.7. The van der Waals surface area contributed by atoms with Crippen LogP contribution in [0.5, 0.6) is 11.5 Å². The molecule has 0 atom stereocenters. The summed E-state index contributed by atoms with van der Waals surface area (Å²) in [5, 5.41) is 0. The van der Waals surface area contributed by atoms with Gasteiger partial charge in [0.05, 0.1) is 6.61 Å². The van der Waals surface area contributed by atoms with Crippen molar-refractivity contribution < 1.29 is 14.3 Å². The number of hydrogen-bond donors (Lipinski definition) is 0. The van der Waals surface area contributed by atoms with Gasteiger partial charge in [0.2, 0.25) is 0 Å². The molecule has 0 N–H and O–H groups in total. The molecule has 0 unspecified atom stereocenters. The number of carbonyl (C=O) groups is 1. The third-order valence-corrected chi connectivity index (χ3v) is 4.13. The van der Waals surface area contributed by atoms with Gasteiger partial charge in [0.15, 0.2) is 0 Å². The molecule has 0 aliphatic heterocycles. The van der Waals surface area contributed by atoms with Gasteiger partial charge in [-0.1, -0.05) is 62.4 Å². The maximum atomic E-state index is 11.3. The third kappa shape index (κ3) is 4.98. The first-order valence-corrected chi connectivity index (χ1v) is 9.15. The average molecular weight is 360 g/mol. The fraction of sp³-hybridized carbons (Fsp3) is 0.208. The van der Waals surface area contributed by atoms with Crippen molar-refractivity contribution in [3.63, 3.8) is 0 Å². The minimum Gasteiger partial charge on any atom is -0.493 e. The summed E-state index contributed by atoms with van der Waals surface area (Å²) in [5.74, 6) is 1.93. The summed E-state index contributed by atoms with van der Waals surface area (Å²) in [5.41, 5.74) is 3.49. The smallest absolute Gasteiger partial charge is 0.150 e. The molecule has 3 rings (SSSR count). The lowest BCUT2D eigenvalue weighted by Crippen LogP contribution is -2.06. The number of rotatable bonds is 8. The van der Waals surface area contributed by atoms with E-state index >= 15 is 0 Å². The molecule has 3 heteroatoms. The van der Waals surface area contributed by atoms with E-state index in [1.165, 1.54) is 0 Å². The molecule has 0 aliphatic rings. The number of ether oxygens (including phenoxy) is 2. The number of aldehydes is 1. The first-order chi connectivity index (χ1) is 13.2. The van der Waals surface area contributed by atoms with Crippen LogP contribution < -0.4 is 9.47 Å². The highest BCUT2D eigenvalue weighted by Crippen LogP contribution is 2.37. The van der Waals surface area contributed by atoms with Crippen molar-refractivity contribution in [1.82, 2.24) is 0 Å². The van der Waals surface area contributed by atoms with E-state index in [2.05, 4.69) is 13.8 Å². The highest BCUT2D eigenvalue weighted by Gasteiger charge is 2.13. The Bertz CT molecular complexity index is 885. The van der Waals surface area contributed by atoms with Crippen molar-refractivity contribution in [3.8, 4) is 22.6 Å². The lowest BCUT2D eigenvalue weighted by Gasteiger charge is -2.17. The Labute approximate surface area is 160 Å². The van der Waals surface area contributed by atoms with E-state index in [0.717, 1.165) is 34.5 Å². The van der Waals surface area contributed by atoms with Crippen LogP contribution in [0.4, 0.5) is 0 Å². The highest BCUT2D eigenvalue weighted by molar-refractivity contribution is 5.83. The summed E-state index contributed by atoms with van der Waals surface area (Å²) in [6, 6.07) is 23.4. The van der Waals surface area contributed by atoms with Crippen molar-refractivity contribution >= 4 is 6.29 Å². The zero-order valence-corrected chi connectivity index (χ0v) is 15.7. The normalized spacial score (nSPS) is 10.6. The van der Waals surface area contributed by atoms with Gasteiger partial charge in [0, 0.05) is 16.7 Å². The van der Waals surface area contributed by atoms with Gasteiger partial charge in [-0.25, -0.2) is 0 Å². The van der Waals surface area contributed by atoms with Crippen molar-refractivity contribution in [3.05, 3.63) is 83.9 Å². The standard InChI is InChI=1S/C24H24O3/c1-18(2)16-26-24-13-12-20(15-25)14-22(24)21-10-6-7-11-23(21)27-17-19-8-4-3-5-9-19/h3-15,18H,16-17H2,1-2H3. The van der Waals surface area contributed by atoms with Crippen LogP contribution in [0.2, 0.25) is 0 Å². The molecular formula is C24H24O3. The molecule has 0 saturated carbocycles. The topological polar surface area (TPSA) is 35.5 Å². The van der Waals surface area contributed by atoms with Gasteiger partial charge in [-0.2, -0.15) is 0 Å². The Morgan fingerprint density at radius 2 is 1.52 bits per heavy atom. The van der Waals surface area contributed by atoms with Crippen LogP contribution in [0.15, 0.2) is 72.8 Å². The van der Waals surface area contributed by atoms with E-state index in [1.54, 1.807) is 6.07 Å². The largest absolute Gasteiger partial charge is 0.493 e. The summed E-state index contributed by atoms with van der Waals surface area (Å²) in [7, 11) is 0. The summed E-state index contributed by atoms with van der Waals surface area (Å²) >= 11 is 0. The van der Waals surface area contributed by atoms with Crippen molar-refractivity contribution in [2.75, 3.05) is 6.61 Å². The van der Waals surface area contributed by atoms with Crippen LogP contribution in [0, 0.1) is 5.92 Å². The molecule has 3 aromatic carbocycles. The molecule has 0 aliphatic carbocycles. The molecular weight excluding hydrogens is 336 g/mol. The minimum atomic E-state index is 0.410. The van der Waals surface area contributed by atoms with E-state index in [-0.39, 0.29) is 0 Å². The Morgan fingerprint density at radius 1 is 0.815 bits per heavy atom. The second-order valence-corrected chi connectivity index (χ2v) is 6.85. The Hall–Kier alpha value is -3.07. The van der Waals surface area contributed by atoms with Crippen molar-refractivity contribution in [2.24, 2.45) is 5.92 Å². The maximum absolute atomic E-state index is 11.3. The van der Waals surface area contributed by atoms with E-state index in [9.17, 15) is 4.79 Å². The molecule has 0 spiro atoms. The van der Waals surface area contributed by atoms with E-state index in [4.69, 9.17) is 9.47 Å². The number of hydrogen-bond acceptors (Lipinski definition) is 3. The molecule has 0 aromatic heterocycles. The summed E-state index contributed by atoms with van der Waals surface area (Å²) < 4.78 is 12.1. The molecule has 3 aromatic rings. The third-order valence-electron chi connectivity index (χ3n) is 4.13. The van der Waals surface area contributed by atoms with E-state index in [0.29, 0.717) is 24.7 Å². The predicted octanol–water partition coefficient (Wildman–Crippen LogP) is 5.78. The van der Waals surface area contributed by atoms with Crippen LogP contribution in [0.25, 0.3) is 11.1 Å². The zero-order chi connectivity index (χ0) is 19.1. The van der Waals surface area contributed by atoms with Gasteiger partial charge in [0.25, 0.3) is 0 Å². The monoisotopic (exact) mass is 360 g/mol. The number of carbonyl (C=O) groups excluding carboxylic acids is 1. The second-order valence-electron chi connectivity index (χ2n) is 6.85. The van der Waals surface area contributed by atoms with Gasteiger partial charge in [0.1, 0.15) is 24.4 Å². The van der Waals surface area contributed by atoms with Crippen molar-refractivity contribution in [2.45, 2.75) is 20.5 Å². The summed E-state index contributed by atoms with van der Waals surface area (Å²) in [6.07, 6.45) is 0.850. The maximum Gasteiger partial charge on any atom is 0.150 e. The van der Waals surface area contributed by atoms with Crippen LogP contribution in [0.1, 0.15) is 29.8 Å². The molecule has 27 heavy (non-hydrogen) atoms. The first kappa shape index (κ1) is 18.7. The van der Waals surface area contributed by atoms with E-state index < -0.39 is 0 Å². The van der Waals surface area contributed by atoms with Gasteiger partial charge < -0.3 is 9.47 Å². The fourth-order valence-corrected chi connectivity index (χ4v) is 2.76. The molecule has 138 valence electrons. The SMILES string of the molecule is CC(C)COc1ccc(C=O)cc1-c1ccccc1OCc1ccccc1. The van der Waals surface area contributed by atoms with Gasteiger partial charge in [-0.05, 0) is 35.7 Å². The van der Waals surface area contributed by atoms with Gasteiger partial charge in [-0.3, -0.25) is 4.79 Å². The molecule has 0 amide bonds. The molecule has 0 heterocycles. The average Bonchev–Trinajstić information content (AvgIpc) is 2.71. The number of benzene rings is 3. The van der Waals surface area contributed by atoms with Crippen LogP contribution >= 0.6 is 0 Å². The first-order valence-electron chi connectivity index (χ1n) is 9.15. The molecule has 0 bridgehead atoms. The second kappa shape index (κ2) is 9.04. The highest BCUT2D eigenvalue weighted by atomic mass is 16.5.